The maximum atomic E-state index is 14.4. The van der Waals surface area contributed by atoms with Crippen molar-refractivity contribution in [2.75, 3.05) is 5.75 Å². The molecule has 1 heterocycles. The summed E-state index contributed by atoms with van der Waals surface area (Å²) < 4.78 is 80.2. The summed E-state index contributed by atoms with van der Waals surface area (Å²) in [6, 6.07) is 13.5. The van der Waals surface area contributed by atoms with Crippen LogP contribution in [0.15, 0.2) is 64.6 Å². The third-order valence-corrected chi connectivity index (χ3v) is 7.36. The third-order valence-electron chi connectivity index (χ3n) is 5.79. The van der Waals surface area contributed by atoms with Crippen LogP contribution >= 0.6 is 35.0 Å². The van der Waals surface area contributed by atoms with E-state index in [2.05, 4.69) is 5.16 Å². The van der Waals surface area contributed by atoms with Crippen LogP contribution in [0.5, 0.6) is 0 Å². The van der Waals surface area contributed by atoms with Gasteiger partial charge in [0.15, 0.2) is 0 Å². The Bertz CT molecular complexity index is 1360. The summed E-state index contributed by atoms with van der Waals surface area (Å²) in [7, 11) is 0. The standard InChI is InChI=1S/C25H17Cl2F6NO2S/c26-15-9-14(10-16(27)11-15)23(25(31,32)33)12-21(34-36-23)19-5-6-22(20-4-2-1-3-18(19)20)37-13-17(35)7-8-24(28,29)30/h1-6,9-11H,7-8,12-13H2/t23-/m0/s1. The summed E-state index contributed by atoms with van der Waals surface area (Å²) in [6.07, 6.45) is -11.7. The molecule has 1 aliphatic rings. The van der Waals surface area contributed by atoms with Gasteiger partial charge in [0.2, 0.25) is 0 Å². The molecule has 3 aromatic rings. The van der Waals surface area contributed by atoms with Gasteiger partial charge in [-0.05, 0) is 35.0 Å². The maximum Gasteiger partial charge on any atom is 0.435 e. The van der Waals surface area contributed by atoms with E-state index in [0.717, 1.165) is 23.9 Å². The molecule has 0 saturated heterocycles. The molecule has 0 unspecified atom stereocenters. The predicted octanol–water partition coefficient (Wildman–Crippen LogP) is 8.73. The molecule has 196 valence electrons. The lowest BCUT2D eigenvalue weighted by Crippen LogP contribution is -2.42. The molecule has 0 amide bonds. The minimum atomic E-state index is -4.85. The van der Waals surface area contributed by atoms with Crippen molar-refractivity contribution in [2.24, 2.45) is 5.16 Å². The van der Waals surface area contributed by atoms with Gasteiger partial charge in [0.05, 0.1) is 17.9 Å². The number of hydrogen-bond acceptors (Lipinski definition) is 4. The van der Waals surface area contributed by atoms with Crippen molar-refractivity contribution >= 4 is 57.2 Å². The first-order valence-corrected chi connectivity index (χ1v) is 12.5. The van der Waals surface area contributed by atoms with Gasteiger partial charge in [-0.25, -0.2) is 0 Å². The number of rotatable bonds is 7. The molecule has 0 bridgehead atoms. The molecule has 37 heavy (non-hydrogen) atoms. The van der Waals surface area contributed by atoms with Crippen LogP contribution in [-0.2, 0) is 15.2 Å². The summed E-state index contributed by atoms with van der Waals surface area (Å²) in [5.74, 6) is -0.727. The molecule has 0 spiro atoms. The van der Waals surface area contributed by atoms with E-state index in [1.807, 2.05) is 0 Å². The Morgan fingerprint density at radius 2 is 1.62 bits per heavy atom. The summed E-state index contributed by atoms with van der Waals surface area (Å²) >= 11 is 13.0. The first kappa shape index (κ1) is 27.6. The topological polar surface area (TPSA) is 38.7 Å². The number of carbonyl (C=O) groups excluding carboxylic acids is 1. The second-order valence-corrected chi connectivity index (χ2v) is 10.3. The Morgan fingerprint density at radius 1 is 0.973 bits per heavy atom. The van der Waals surface area contributed by atoms with Gasteiger partial charge >= 0.3 is 12.4 Å². The number of alkyl halides is 6. The van der Waals surface area contributed by atoms with Crippen molar-refractivity contribution in [3.63, 3.8) is 0 Å². The van der Waals surface area contributed by atoms with Gasteiger partial charge in [0.1, 0.15) is 5.78 Å². The van der Waals surface area contributed by atoms with Gasteiger partial charge < -0.3 is 4.84 Å². The van der Waals surface area contributed by atoms with Crippen molar-refractivity contribution in [1.82, 2.24) is 0 Å². The molecule has 0 N–H and O–H groups in total. The zero-order valence-corrected chi connectivity index (χ0v) is 21.0. The number of halogens is 8. The molecule has 4 rings (SSSR count). The van der Waals surface area contributed by atoms with Crippen LogP contribution in [0.4, 0.5) is 26.3 Å². The largest absolute Gasteiger partial charge is 0.435 e. The van der Waals surface area contributed by atoms with Crippen LogP contribution in [0.3, 0.4) is 0 Å². The van der Waals surface area contributed by atoms with Gasteiger partial charge in [-0.2, -0.15) is 26.3 Å². The normalized spacial score (nSPS) is 18.1. The predicted molar refractivity (Wildman–Crippen MR) is 131 cm³/mol. The molecule has 1 atom stereocenters. The second kappa shape index (κ2) is 10.4. The Kier molecular flexibility index (Phi) is 7.74. The van der Waals surface area contributed by atoms with Crippen LogP contribution in [0.2, 0.25) is 10.0 Å². The minimum absolute atomic E-state index is 0.0137. The van der Waals surface area contributed by atoms with Crippen LogP contribution in [-0.4, -0.2) is 29.6 Å². The molecule has 1 aliphatic heterocycles. The fraction of sp³-hybridized carbons (Fsp3) is 0.280. The fourth-order valence-corrected chi connectivity index (χ4v) is 5.48. The first-order chi connectivity index (χ1) is 17.3. The maximum absolute atomic E-state index is 14.4. The molecule has 0 fully saturated rings. The molecule has 3 aromatic carbocycles. The van der Waals surface area contributed by atoms with E-state index in [9.17, 15) is 31.1 Å². The second-order valence-electron chi connectivity index (χ2n) is 8.39. The van der Waals surface area contributed by atoms with Crippen molar-refractivity contribution in [2.45, 2.75) is 42.1 Å². The monoisotopic (exact) mass is 579 g/mol. The quantitative estimate of drug-likeness (QED) is 0.207. The number of thioether (sulfide) groups is 1. The molecule has 12 heteroatoms. The number of carbonyl (C=O) groups is 1. The van der Waals surface area contributed by atoms with Crippen molar-refractivity contribution < 1.29 is 36.0 Å². The molecule has 0 radical (unpaired) electrons. The lowest BCUT2D eigenvalue weighted by molar-refractivity contribution is -0.275. The van der Waals surface area contributed by atoms with Gasteiger partial charge in [-0.3, -0.25) is 4.79 Å². The van der Waals surface area contributed by atoms with E-state index in [1.54, 1.807) is 36.4 Å². The van der Waals surface area contributed by atoms with Crippen molar-refractivity contribution in [1.29, 1.82) is 0 Å². The van der Waals surface area contributed by atoms with Crippen molar-refractivity contribution in [3.8, 4) is 0 Å². The molecule has 0 aromatic heterocycles. The van der Waals surface area contributed by atoms with Crippen LogP contribution in [0, 0.1) is 0 Å². The van der Waals surface area contributed by atoms with Crippen LogP contribution in [0.1, 0.15) is 30.4 Å². The Labute approximate surface area is 221 Å². The van der Waals surface area contributed by atoms with Gasteiger partial charge in [-0.15, -0.1) is 11.8 Å². The first-order valence-electron chi connectivity index (χ1n) is 10.8. The van der Waals surface area contributed by atoms with Crippen LogP contribution in [0.25, 0.3) is 10.8 Å². The summed E-state index contributed by atoms with van der Waals surface area (Å²) in [4.78, 5) is 17.6. The Hall–Kier alpha value is -2.43. The smallest absolute Gasteiger partial charge is 0.374 e. The number of Topliss-reactive ketones (excluding diaryl/α,β-unsaturated/α-hetero) is 1. The molecule has 0 saturated carbocycles. The Balaban J connectivity index is 1.63. The van der Waals surface area contributed by atoms with E-state index in [4.69, 9.17) is 28.0 Å². The zero-order chi connectivity index (χ0) is 27.0. The zero-order valence-electron chi connectivity index (χ0n) is 18.7. The van der Waals surface area contributed by atoms with Crippen molar-refractivity contribution in [3.05, 3.63) is 75.8 Å². The summed E-state index contributed by atoms with van der Waals surface area (Å²) in [6.45, 7) is 0. The molecular weight excluding hydrogens is 563 g/mol. The average Bonchev–Trinajstić information content (AvgIpc) is 3.27. The number of nitrogens with zero attached hydrogens (tertiary/aromatic N) is 1. The average molecular weight is 580 g/mol. The third kappa shape index (κ3) is 6.02. The number of benzene rings is 3. The number of ketones is 1. The highest BCUT2D eigenvalue weighted by Gasteiger charge is 2.62. The van der Waals surface area contributed by atoms with E-state index in [-0.39, 0.29) is 27.1 Å². The Morgan fingerprint density at radius 3 is 2.24 bits per heavy atom. The molecule has 0 aliphatic carbocycles. The van der Waals surface area contributed by atoms with Gasteiger partial charge in [-0.1, -0.05) is 58.7 Å². The number of oxime groups is 1. The molecular formula is C25H17Cl2F6NO2S. The fourth-order valence-electron chi connectivity index (χ4n) is 4.00. The number of hydrogen-bond donors (Lipinski definition) is 0. The lowest BCUT2D eigenvalue weighted by atomic mass is 9.85. The van der Waals surface area contributed by atoms with Crippen LogP contribution < -0.4 is 0 Å². The highest BCUT2D eigenvalue weighted by Crippen LogP contribution is 2.50. The number of fused-ring (bicyclic) bond motifs is 1. The molecule has 3 nitrogen and oxygen atoms in total. The lowest BCUT2D eigenvalue weighted by Gasteiger charge is -2.29. The highest BCUT2D eigenvalue weighted by atomic mass is 35.5. The SMILES string of the molecule is O=C(CCC(F)(F)F)CSc1ccc(C2=NO[C@@](c3cc(Cl)cc(Cl)c3)(C(F)(F)F)C2)c2ccccc12. The van der Waals surface area contributed by atoms with E-state index in [0.29, 0.717) is 21.2 Å². The van der Waals surface area contributed by atoms with E-state index >= 15 is 0 Å². The van der Waals surface area contributed by atoms with E-state index in [1.165, 1.54) is 6.07 Å². The summed E-state index contributed by atoms with van der Waals surface area (Å²) in [5.41, 5.74) is -2.65. The van der Waals surface area contributed by atoms with Gasteiger partial charge in [0.25, 0.3) is 5.60 Å². The summed E-state index contributed by atoms with van der Waals surface area (Å²) in [5, 5.41) is 5.01. The minimum Gasteiger partial charge on any atom is -0.374 e. The highest BCUT2D eigenvalue weighted by molar-refractivity contribution is 8.00. The van der Waals surface area contributed by atoms with Gasteiger partial charge in [0, 0.05) is 38.9 Å². The van der Waals surface area contributed by atoms with E-state index < -0.39 is 43.0 Å².